The van der Waals surface area contributed by atoms with Crippen LogP contribution >= 0.6 is 0 Å². The molecule has 1 aromatic heterocycles. The molecule has 3 heteroatoms. The fraction of sp³-hybridized carbons (Fsp3) is 0.267. The maximum absolute atomic E-state index is 11.4. The van der Waals surface area contributed by atoms with Crippen LogP contribution in [-0.2, 0) is 7.05 Å². The molecule has 0 unspecified atom stereocenters. The summed E-state index contributed by atoms with van der Waals surface area (Å²) in [4.78, 5) is 13.5. The summed E-state index contributed by atoms with van der Waals surface area (Å²) < 4.78 is 1.94. The fourth-order valence-electron chi connectivity index (χ4n) is 2.08. The van der Waals surface area contributed by atoms with E-state index < -0.39 is 0 Å². The first kappa shape index (κ1) is 12.4. The lowest BCUT2D eigenvalue weighted by atomic mass is 10.1. The summed E-state index contributed by atoms with van der Waals surface area (Å²) in [7, 11) is 5.96. The molecule has 2 rings (SSSR count). The predicted molar refractivity (Wildman–Crippen MR) is 75.2 cm³/mol. The number of hydrogen-bond donors (Lipinski definition) is 0. The molecule has 2 aromatic rings. The number of Topliss-reactive ketones (excluding diaryl/α,β-unsaturated/α-hetero) is 1. The Labute approximate surface area is 108 Å². The van der Waals surface area contributed by atoms with Gasteiger partial charge in [0.1, 0.15) is 0 Å². The predicted octanol–water partition coefficient (Wildman–Crippen LogP) is 2.96. The molecule has 0 fully saturated rings. The van der Waals surface area contributed by atoms with Crippen molar-refractivity contribution in [2.75, 3.05) is 19.0 Å². The van der Waals surface area contributed by atoms with E-state index in [1.165, 1.54) is 5.69 Å². The largest absolute Gasteiger partial charge is 0.378 e. The monoisotopic (exact) mass is 242 g/mol. The van der Waals surface area contributed by atoms with E-state index in [4.69, 9.17) is 0 Å². The van der Waals surface area contributed by atoms with E-state index in [0.717, 1.165) is 17.0 Å². The number of aromatic nitrogens is 1. The Morgan fingerprint density at radius 2 is 1.67 bits per heavy atom. The second kappa shape index (κ2) is 4.69. The summed E-state index contributed by atoms with van der Waals surface area (Å²) in [5.41, 5.74) is 4.09. The second-order valence-corrected chi connectivity index (χ2v) is 4.66. The minimum atomic E-state index is 0.0914. The molecule has 0 amide bonds. The van der Waals surface area contributed by atoms with Gasteiger partial charge in [0.15, 0.2) is 5.78 Å². The zero-order chi connectivity index (χ0) is 13.3. The third kappa shape index (κ3) is 2.16. The molecule has 1 aromatic carbocycles. The van der Waals surface area contributed by atoms with Gasteiger partial charge in [0.25, 0.3) is 0 Å². The molecule has 1 heterocycles. The van der Waals surface area contributed by atoms with Crippen LogP contribution in [0.4, 0.5) is 5.69 Å². The first-order chi connectivity index (χ1) is 8.50. The maximum Gasteiger partial charge on any atom is 0.176 e. The minimum Gasteiger partial charge on any atom is -0.378 e. The van der Waals surface area contributed by atoms with Crippen molar-refractivity contribution in [1.82, 2.24) is 4.57 Å². The van der Waals surface area contributed by atoms with Crippen molar-refractivity contribution in [3.05, 3.63) is 42.1 Å². The highest BCUT2D eigenvalue weighted by Gasteiger charge is 2.09. The molecule has 0 N–H and O–H groups in total. The molecular weight excluding hydrogens is 224 g/mol. The van der Waals surface area contributed by atoms with E-state index >= 15 is 0 Å². The molecule has 18 heavy (non-hydrogen) atoms. The van der Waals surface area contributed by atoms with Gasteiger partial charge in [-0.1, -0.05) is 12.1 Å². The number of ketones is 1. The summed E-state index contributed by atoms with van der Waals surface area (Å²) in [6.07, 6.45) is 0. The second-order valence-electron chi connectivity index (χ2n) is 4.66. The van der Waals surface area contributed by atoms with Gasteiger partial charge < -0.3 is 9.47 Å². The van der Waals surface area contributed by atoms with E-state index in [9.17, 15) is 4.79 Å². The van der Waals surface area contributed by atoms with Crippen LogP contribution in [0.5, 0.6) is 0 Å². The smallest absolute Gasteiger partial charge is 0.176 e. The minimum absolute atomic E-state index is 0.0914. The molecule has 0 saturated heterocycles. The van der Waals surface area contributed by atoms with E-state index in [1.807, 2.05) is 37.8 Å². The topological polar surface area (TPSA) is 25.2 Å². The molecule has 0 bridgehead atoms. The van der Waals surface area contributed by atoms with Crippen molar-refractivity contribution in [2.24, 2.45) is 7.05 Å². The lowest BCUT2D eigenvalue weighted by Gasteiger charge is -2.13. The van der Waals surface area contributed by atoms with Gasteiger partial charge in [0, 0.05) is 39.4 Å². The first-order valence-electron chi connectivity index (χ1n) is 5.95. The Bertz CT molecular complexity index is 565. The van der Waals surface area contributed by atoms with E-state index in [0.29, 0.717) is 0 Å². The molecule has 3 nitrogen and oxygen atoms in total. The number of rotatable bonds is 3. The van der Waals surface area contributed by atoms with Crippen LogP contribution in [0, 0.1) is 0 Å². The zero-order valence-corrected chi connectivity index (χ0v) is 11.3. The maximum atomic E-state index is 11.4. The summed E-state index contributed by atoms with van der Waals surface area (Å²) in [6.45, 7) is 1.59. The van der Waals surface area contributed by atoms with Crippen molar-refractivity contribution in [1.29, 1.82) is 0 Å². The van der Waals surface area contributed by atoms with Crippen LogP contribution in [0.1, 0.15) is 17.4 Å². The molecule has 0 saturated carbocycles. The molecule has 0 radical (unpaired) electrons. The average molecular weight is 242 g/mol. The molecule has 0 spiro atoms. The Morgan fingerprint density at radius 1 is 1.06 bits per heavy atom. The zero-order valence-electron chi connectivity index (χ0n) is 11.3. The van der Waals surface area contributed by atoms with Crippen LogP contribution in [0.2, 0.25) is 0 Å². The highest BCUT2D eigenvalue weighted by atomic mass is 16.1. The first-order valence-corrected chi connectivity index (χ1v) is 5.95. The van der Waals surface area contributed by atoms with Gasteiger partial charge in [-0.2, -0.15) is 0 Å². The molecule has 94 valence electrons. The Balaban J connectivity index is 2.40. The summed E-state index contributed by atoms with van der Waals surface area (Å²) in [5, 5.41) is 0. The van der Waals surface area contributed by atoms with E-state index in [1.54, 1.807) is 6.92 Å². The highest BCUT2D eigenvalue weighted by molar-refractivity contribution is 5.93. The number of hydrogen-bond acceptors (Lipinski definition) is 2. The van der Waals surface area contributed by atoms with Gasteiger partial charge in [0.2, 0.25) is 0 Å². The van der Waals surface area contributed by atoms with Gasteiger partial charge >= 0.3 is 0 Å². The molecule has 0 atom stereocenters. The molecule has 0 aliphatic rings. The number of carbonyl (C=O) groups excluding carboxylic acids is 1. The molecule has 0 aliphatic carbocycles. The standard InChI is InChI=1S/C15H18N2O/c1-11(18)14-9-10-15(17(14)4)12-5-7-13(8-6-12)16(2)3/h5-10H,1-4H3. The van der Waals surface area contributed by atoms with Crippen molar-refractivity contribution >= 4 is 11.5 Å². The van der Waals surface area contributed by atoms with Crippen molar-refractivity contribution in [3.8, 4) is 11.3 Å². The Kier molecular flexibility index (Phi) is 3.24. The number of nitrogens with zero attached hydrogens (tertiary/aromatic N) is 2. The lowest BCUT2D eigenvalue weighted by molar-refractivity contribution is 0.101. The molecule has 0 aliphatic heterocycles. The van der Waals surface area contributed by atoms with Crippen molar-refractivity contribution in [3.63, 3.8) is 0 Å². The van der Waals surface area contributed by atoms with Crippen LogP contribution in [-0.4, -0.2) is 24.4 Å². The van der Waals surface area contributed by atoms with Gasteiger partial charge in [-0.3, -0.25) is 4.79 Å². The fourth-order valence-corrected chi connectivity index (χ4v) is 2.08. The van der Waals surface area contributed by atoms with Crippen LogP contribution < -0.4 is 4.90 Å². The number of anilines is 1. The molecular formula is C15H18N2O. The SMILES string of the molecule is CC(=O)c1ccc(-c2ccc(N(C)C)cc2)n1C. The summed E-state index contributed by atoms with van der Waals surface area (Å²) in [5.74, 6) is 0.0914. The lowest BCUT2D eigenvalue weighted by Crippen LogP contribution is -2.08. The summed E-state index contributed by atoms with van der Waals surface area (Å²) >= 11 is 0. The Morgan fingerprint density at radius 3 is 2.11 bits per heavy atom. The van der Waals surface area contributed by atoms with Crippen LogP contribution in [0.3, 0.4) is 0 Å². The third-order valence-electron chi connectivity index (χ3n) is 3.16. The Hall–Kier alpha value is -2.03. The van der Waals surface area contributed by atoms with Gasteiger partial charge in [-0.05, 0) is 29.8 Å². The van der Waals surface area contributed by atoms with Crippen molar-refractivity contribution < 1.29 is 4.79 Å². The summed E-state index contributed by atoms with van der Waals surface area (Å²) in [6, 6.07) is 12.2. The van der Waals surface area contributed by atoms with E-state index in [-0.39, 0.29) is 5.78 Å². The number of benzene rings is 1. The highest BCUT2D eigenvalue weighted by Crippen LogP contribution is 2.24. The normalized spacial score (nSPS) is 10.4. The van der Waals surface area contributed by atoms with Crippen LogP contribution in [0.25, 0.3) is 11.3 Å². The quantitative estimate of drug-likeness (QED) is 0.773. The number of carbonyl (C=O) groups is 1. The van der Waals surface area contributed by atoms with Crippen LogP contribution in [0.15, 0.2) is 36.4 Å². The average Bonchev–Trinajstić information content (AvgIpc) is 2.71. The van der Waals surface area contributed by atoms with Gasteiger partial charge in [-0.25, -0.2) is 0 Å². The van der Waals surface area contributed by atoms with Gasteiger partial charge in [0.05, 0.1) is 5.69 Å². The van der Waals surface area contributed by atoms with Crippen molar-refractivity contribution in [2.45, 2.75) is 6.92 Å². The van der Waals surface area contributed by atoms with E-state index in [2.05, 4.69) is 29.2 Å². The third-order valence-corrected chi connectivity index (χ3v) is 3.16. The van der Waals surface area contributed by atoms with Gasteiger partial charge in [-0.15, -0.1) is 0 Å².